The van der Waals surface area contributed by atoms with E-state index in [-0.39, 0.29) is 34.1 Å². The predicted molar refractivity (Wildman–Crippen MR) is 114 cm³/mol. The van der Waals surface area contributed by atoms with E-state index in [0.29, 0.717) is 5.69 Å². The van der Waals surface area contributed by atoms with Gasteiger partial charge in [0.2, 0.25) is 0 Å². The van der Waals surface area contributed by atoms with Gasteiger partial charge in [0.05, 0.1) is 29.0 Å². The lowest BCUT2D eigenvalue weighted by Crippen LogP contribution is -2.21. The number of halogens is 1. The number of esters is 2. The molecule has 0 radical (unpaired) electrons. The molecular formula is C21H23FN2O4S. The summed E-state index contributed by atoms with van der Waals surface area (Å²) in [5.74, 6) is -1.64. The number of hydrogen-bond donors (Lipinski definition) is 2. The molecule has 0 aliphatic rings. The molecule has 0 saturated carbocycles. The van der Waals surface area contributed by atoms with Crippen molar-refractivity contribution >= 4 is 40.6 Å². The number of carbonyl (C=O) groups excluding carboxylic acids is 2. The van der Waals surface area contributed by atoms with Crippen LogP contribution in [0.25, 0.3) is 0 Å². The number of hydrogen-bond acceptors (Lipinski definition) is 5. The van der Waals surface area contributed by atoms with E-state index in [2.05, 4.69) is 10.6 Å². The Morgan fingerprint density at radius 3 is 1.90 bits per heavy atom. The summed E-state index contributed by atoms with van der Waals surface area (Å²) in [4.78, 5) is 24.7. The lowest BCUT2D eigenvalue weighted by atomic mass is 10.1. The van der Waals surface area contributed by atoms with E-state index in [9.17, 15) is 14.0 Å². The van der Waals surface area contributed by atoms with E-state index >= 15 is 0 Å². The van der Waals surface area contributed by atoms with Crippen LogP contribution in [-0.2, 0) is 9.47 Å². The molecule has 0 aliphatic heterocycles. The maximum absolute atomic E-state index is 13.8. The standard InChI is InChI=1S/C21H23FN2O4S/c1-12(2)27-19(25)14-9-15(20(26)28-13(3)4)11-16(10-14)23-21(29)24-18-8-6-5-7-17(18)22/h5-13H,1-4H3,(H2,23,24,29). The number of carbonyl (C=O) groups is 2. The summed E-state index contributed by atoms with van der Waals surface area (Å²) >= 11 is 5.21. The van der Waals surface area contributed by atoms with Gasteiger partial charge >= 0.3 is 11.9 Å². The van der Waals surface area contributed by atoms with E-state index in [0.717, 1.165) is 0 Å². The van der Waals surface area contributed by atoms with Gasteiger partial charge in [-0.1, -0.05) is 12.1 Å². The van der Waals surface area contributed by atoms with Crippen molar-refractivity contribution in [3.05, 3.63) is 59.4 Å². The molecule has 0 atom stereocenters. The first-order valence-corrected chi connectivity index (χ1v) is 9.46. The summed E-state index contributed by atoms with van der Waals surface area (Å²) in [5, 5.41) is 5.68. The monoisotopic (exact) mass is 418 g/mol. The lowest BCUT2D eigenvalue weighted by Gasteiger charge is -2.15. The Balaban J connectivity index is 2.28. The van der Waals surface area contributed by atoms with Crippen LogP contribution in [0.5, 0.6) is 0 Å². The SMILES string of the molecule is CC(C)OC(=O)c1cc(NC(=S)Nc2ccccc2F)cc(C(=O)OC(C)C)c1. The van der Waals surface area contributed by atoms with Crippen molar-refractivity contribution < 1.29 is 23.5 Å². The number of thiocarbonyl (C=S) groups is 1. The molecule has 2 aromatic carbocycles. The second-order valence-electron chi connectivity index (χ2n) is 6.77. The molecule has 0 saturated heterocycles. The summed E-state index contributed by atoms with van der Waals surface area (Å²) < 4.78 is 24.2. The van der Waals surface area contributed by atoms with Gasteiger partial charge in [0.25, 0.3) is 0 Å². The van der Waals surface area contributed by atoms with Gasteiger partial charge in [0.15, 0.2) is 5.11 Å². The van der Waals surface area contributed by atoms with Gasteiger partial charge in [-0.3, -0.25) is 0 Å². The molecule has 0 unspecified atom stereocenters. The topological polar surface area (TPSA) is 76.7 Å². The normalized spacial score (nSPS) is 10.6. The molecule has 6 nitrogen and oxygen atoms in total. The highest BCUT2D eigenvalue weighted by molar-refractivity contribution is 7.80. The van der Waals surface area contributed by atoms with Gasteiger partial charge in [0, 0.05) is 5.69 Å². The second kappa shape index (κ2) is 9.97. The minimum absolute atomic E-state index is 0.0904. The Labute approximate surface area is 174 Å². The van der Waals surface area contributed by atoms with Gasteiger partial charge < -0.3 is 20.1 Å². The van der Waals surface area contributed by atoms with Crippen LogP contribution < -0.4 is 10.6 Å². The third-order valence-corrected chi connectivity index (χ3v) is 3.67. The van der Waals surface area contributed by atoms with Gasteiger partial charge in [-0.05, 0) is 70.2 Å². The van der Waals surface area contributed by atoms with Gasteiger partial charge in [0.1, 0.15) is 5.82 Å². The molecule has 0 aromatic heterocycles. The first kappa shape index (κ1) is 22.3. The Kier molecular flexibility index (Phi) is 7.67. The Bertz CT molecular complexity index is 875. The van der Waals surface area contributed by atoms with Crippen LogP contribution in [0.15, 0.2) is 42.5 Å². The quantitative estimate of drug-likeness (QED) is 0.517. The minimum Gasteiger partial charge on any atom is -0.459 e. The highest BCUT2D eigenvalue weighted by Gasteiger charge is 2.17. The number of rotatable bonds is 6. The largest absolute Gasteiger partial charge is 0.459 e. The zero-order valence-electron chi connectivity index (χ0n) is 16.6. The third kappa shape index (κ3) is 6.83. The van der Waals surface area contributed by atoms with Crippen molar-refractivity contribution in [1.29, 1.82) is 0 Å². The molecule has 2 aromatic rings. The highest BCUT2D eigenvalue weighted by Crippen LogP contribution is 2.19. The van der Waals surface area contributed by atoms with Crippen molar-refractivity contribution in [2.24, 2.45) is 0 Å². The molecule has 8 heteroatoms. The fraction of sp³-hybridized carbons (Fsp3) is 0.286. The summed E-state index contributed by atoms with van der Waals surface area (Å²) in [7, 11) is 0. The number of anilines is 2. The van der Waals surface area contributed by atoms with Crippen molar-refractivity contribution in [2.75, 3.05) is 10.6 Å². The van der Waals surface area contributed by atoms with Crippen LogP contribution in [0.1, 0.15) is 48.4 Å². The zero-order valence-corrected chi connectivity index (χ0v) is 17.4. The van der Waals surface area contributed by atoms with Crippen LogP contribution in [0.4, 0.5) is 15.8 Å². The van der Waals surface area contributed by atoms with Crippen molar-refractivity contribution in [3.8, 4) is 0 Å². The highest BCUT2D eigenvalue weighted by atomic mass is 32.1. The molecule has 0 fully saturated rings. The van der Waals surface area contributed by atoms with Crippen molar-refractivity contribution in [2.45, 2.75) is 39.9 Å². The maximum atomic E-state index is 13.8. The Morgan fingerprint density at radius 2 is 1.41 bits per heavy atom. The second-order valence-corrected chi connectivity index (χ2v) is 7.17. The molecular weight excluding hydrogens is 395 g/mol. The molecule has 29 heavy (non-hydrogen) atoms. The van der Waals surface area contributed by atoms with Crippen molar-refractivity contribution in [3.63, 3.8) is 0 Å². The van der Waals surface area contributed by atoms with Gasteiger partial charge in [-0.15, -0.1) is 0 Å². The first-order valence-electron chi connectivity index (χ1n) is 9.05. The summed E-state index contributed by atoms with van der Waals surface area (Å²) in [6.07, 6.45) is -0.650. The predicted octanol–water partition coefficient (Wildman–Crippen LogP) is 4.77. The van der Waals surface area contributed by atoms with Crippen LogP contribution in [0.2, 0.25) is 0 Å². The number of benzene rings is 2. The number of nitrogens with one attached hydrogen (secondary N) is 2. The molecule has 154 valence electrons. The Hall–Kier alpha value is -3.00. The average Bonchev–Trinajstić information content (AvgIpc) is 2.62. The fourth-order valence-electron chi connectivity index (χ4n) is 2.35. The third-order valence-electron chi connectivity index (χ3n) is 3.47. The fourth-order valence-corrected chi connectivity index (χ4v) is 2.57. The first-order chi connectivity index (χ1) is 13.7. The molecule has 0 bridgehead atoms. The minimum atomic E-state index is -0.588. The zero-order chi connectivity index (χ0) is 21.6. The molecule has 0 spiro atoms. The smallest absolute Gasteiger partial charge is 0.338 e. The maximum Gasteiger partial charge on any atom is 0.338 e. The molecule has 2 rings (SSSR count). The number of ether oxygens (including phenoxy) is 2. The van der Waals surface area contributed by atoms with Gasteiger partial charge in [-0.2, -0.15) is 0 Å². The van der Waals surface area contributed by atoms with E-state index in [1.807, 2.05) is 0 Å². The van der Waals surface area contributed by atoms with E-state index < -0.39 is 17.8 Å². The van der Waals surface area contributed by atoms with Crippen LogP contribution in [-0.4, -0.2) is 29.3 Å². The lowest BCUT2D eigenvalue weighted by molar-refractivity contribution is 0.0377. The molecule has 0 aliphatic carbocycles. The summed E-state index contributed by atoms with van der Waals surface area (Å²) in [6.45, 7) is 6.89. The molecule has 0 heterocycles. The van der Waals surface area contributed by atoms with Crippen molar-refractivity contribution in [1.82, 2.24) is 0 Å². The van der Waals surface area contributed by atoms with E-state index in [1.54, 1.807) is 39.8 Å². The number of para-hydroxylation sites is 1. The molecule has 0 amide bonds. The average molecular weight is 418 g/mol. The van der Waals surface area contributed by atoms with Crippen LogP contribution in [0, 0.1) is 5.82 Å². The molecule has 2 N–H and O–H groups in total. The van der Waals surface area contributed by atoms with Crippen LogP contribution in [0.3, 0.4) is 0 Å². The Morgan fingerprint density at radius 1 is 0.897 bits per heavy atom. The van der Waals surface area contributed by atoms with E-state index in [1.165, 1.54) is 30.3 Å². The summed E-state index contributed by atoms with van der Waals surface area (Å²) in [6, 6.07) is 10.4. The van der Waals surface area contributed by atoms with Crippen LogP contribution >= 0.6 is 12.2 Å². The van der Waals surface area contributed by atoms with Gasteiger partial charge in [-0.25, -0.2) is 14.0 Å². The van der Waals surface area contributed by atoms with E-state index in [4.69, 9.17) is 21.7 Å². The summed E-state index contributed by atoms with van der Waals surface area (Å²) in [5.41, 5.74) is 0.869.